The van der Waals surface area contributed by atoms with E-state index in [9.17, 15) is 9.59 Å². The van der Waals surface area contributed by atoms with Gasteiger partial charge in [0.05, 0.1) is 0 Å². The molecule has 5 nitrogen and oxygen atoms in total. The lowest BCUT2D eigenvalue weighted by molar-refractivity contribution is -0.120. The number of aryl methyl sites for hydroxylation is 1. The third-order valence-corrected chi connectivity index (χ3v) is 4.60. The van der Waals surface area contributed by atoms with Crippen molar-refractivity contribution >= 4 is 33.4 Å². The van der Waals surface area contributed by atoms with Crippen molar-refractivity contribution in [1.82, 2.24) is 5.32 Å². The highest BCUT2D eigenvalue weighted by molar-refractivity contribution is 9.10. The van der Waals surface area contributed by atoms with Crippen LogP contribution in [0.3, 0.4) is 0 Å². The second kappa shape index (κ2) is 10.1. The Morgan fingerprint density at radius 2 is 1.78 bits per heavy atom. The van der Waals surface area contributed by atoms with Crippen molar-refractivity contribution in [2.45, 2.75) is 32.6 Å². The van der Waals surface area contributed by atoms with Gasteiger partial charge in [0.15, 0.2) is 6.61 Å². The van der Waals surface area contributed by atoms with E-state index in [2.05, 4.69) is 40.4 Å². The van der Waals surface area contributed by atoms with Gasteiger partial charge in [0.2, 0.25) is 5.91 Å². The number of carbonyl (C=O) groups is 2. The average Bonchev–Trinajstić information content (AvgIpc) is 2.66. The van der Waals surface area contributed by atoms with Crippen molar-refractivity contribution in [3.63, 3.8) is 0 Å². The maximum Gasteiger partial charge on any atom is 0.262 e. The standard InChI is InChI=1S/C21H25BrN2O3/c1-14(2)18-12-16(22)7-10-19(18)27-13-21(26)24-17-8-4-15(5-9-17)6-11-20(25)23-3/h4-5,7-10,12,14H,6,11,13H2,1-3H3,(H,23,25)(H,24,26). The highest BCUT2D eigenvalue weighted by atomic mass is 79.9. The molecule has 0 bridgehead atoms. The maximum absolute atomic E-state index is 12.2. The number of benzene rings is 2. The molecule has 0 saturated heterocycles. The van der Waals surface area contributed by atoms with Gasteiger partial charge in [0.25, 0.3) is 5.91 Å². The monoisotopic (exact) mass is 432 g/mol. The van der Waals surface area contributed by atoms with E-state index in [0.29, 0.717) is 30.2 Å². The zero-order chi connectivity index (χ0) is 19.8. The van der Waals surface area contributed by atoms with Crippen molar-refractivity contribution < 1.29 is 14.3 Å². The molecule has 0 aromatic heterocycles. The lowest BCUT2D eigenvalue weighted by atomic mass is 10.0. The van der Waals surface area contributed by atoms with Gasteiger partial charge in [0.1, 0.15) is 5.75 Å². The van der Waals surface area contributed by atoms with Gasteiger partial charge in [-0.15, -0.1) is 0 Å². The van der Waals surface area contributed by atoms with E-state index in [1.807, 2.05) is 42.5 Å². The summed E-state index contributed by atoms with van der Waals surface area (Å²) >= 11 is 3.46. The summed E-state index contributed by atoms with van der Waals surface area (Å²) in [5, 5.41) is 5.42. The largest absolute Gasteiger partial charge is 0.483 e. The minimum Gasteiger partial charge on any atom is -0.483 e. The van der Waals surface area contributed by atoms with Crippen LogP contribution in [0, 0.1) is 0 Å². The summed E-state index contributed by atoms with van der Waals surface area (Å²) in [6.45, 7) is 4.11. The molecule has 2 aromatic carbocycles. The smallest absolute Gasteiger partial charge is 0.262 e. The molecule has 0 aliphatic carbocycles. The second-order valence-corrected chi connectivity index (χ2v) is 7.46. The third kappa shape index (κ3) is 6.71. The molecule has 2 N–H and O–H groups in total. The summed E-state index contributed by atoms with van der Waals surface area (Å²) in [5.41, 5.74) is 2.80. The predicted octanol–water partition coefficient (Wildman–Crippen LogP) is 4.27. The van der Waals surface area contributed by atoms with E-state index in [1.165, 1.54) is 0 Å². The van der Waals surface area contributed by atoms with E-state index in [-0.39, 0.29) is 18.4 Å². The van der Waals surface area contributed by atoms with Gasteiger partial charge < -0.3 is 15.4 Å². The zero-order valence-electron chi connectivity index (χ0n) is 15.8. The molecule has 0 radical (unpaired) electrons. The number of nitrogens with one attached hydrogen (secondary N) is 2. The number of amides is 2. The van der Waals surface area contributed by atoms with Crippen molar-refractivity contribution in [3.8, 4) is 5.75 Å². The highest BCUT2D eigenvalue weighted by Gasteiger charge is 2.11. The van der Waals surface area contributed by atoms with Gasteiger partial charge in [-0.3, -0.25) is 9.59 Å². The van der Waals surface area contributed by atoms with Crippen LogP contribution in [0.2, 0.25) is 0 Å². The average molecular weight is 433 g/mol. The third-order valence-electron chi connectivity index (χ3n) is 4.11. The maximum atomic E-state index is 12.2. The summed E-state index contributed by atoms with van der Waals surface area (Å²) in [7, 11) is 1.63. The molecule has 0 atom stereocenters. The van der Waals surface area contributed by atoms with Gasteiger partial charge in [-0.05, 0) is 53.8 Å². The minimum atomic E-state index is -0.217. The molecule has 27 heavy (non-hydrogen) atoms. The summed E-state index contributed by atoms with van der Waals surface area (Å²) in [6, 6.07) is 13.3. The fourth-order valence-electron chi connectivity index (χ4n) is 2.58. The first-order chi connectivity index (χ1) is 12.9. The molecule has 0 aliphatic rings. The fourth-order valence-corrected chi connectivity index (χ4v) is 2.96. The molecular formula is C21H25BrN2O3. The van der Waals surface area contributed by atoms with Crippen LogP contribution in [0.5, 0.6) is 5.75 Å². The van der Waals surface area contributed by atoms with Crippen LogP contribution in [0.25, 0.3) is 0 Å². The van der Waals surface area contributed by atoms with Gasteiger partial charge in [-0.1, -0.05) is 41.9 Å². The minimum absolute atomic E-state index is 0.0123. The number of carbonyl (C=O) groups excluding carboxylic acids is 2. The van der Waals surface area contributed by atoms with Crippen LogP contribution >= 0.6 is 15.9 Å². The first-order valence-corrected chi connectivity index (χ1v) is 9.70. The molecule has 2 rings (SSSR count). The second-order valence-electron chi connectivity index (χ2n) is 6.54. The summed E-state index contributed by atoms with van der Waals surface area (Å²) in [6.07, 6.45) is 1.11. The van der Waals surface area contributed by atoms with E-state index in [4.69, 9.17) is 4.74 Å². The molecule has 6 heteroatoms. The Hall–Kier alpha value is -2.34. The van der Waals surface area contributed by atoms with Gasteiger partial charge in [-0.25, -0.2) is 0 Å². The van der Waals surface area contributed by atoms with E-state index < -0.39 is 0 Å². The quantitative estimate of drug-likeness (QED) is 0.654. The number of hydrogen-bond acceptors (Lipinski definition) is 3. The van der Waals surface area contributed by atoms with Gasteiger partial charge in [-0.2, -0.15) is 0 Å². The topological polar surface area (TPSA) is 67.4 Å². The number of anilines is 1. The lowest BCUT2D eigenvalue weighted by Crippen LogP contribution is -2.20. The Morgan fingerprint density at radius 1 is 1.07 bits per heavy atom. The van der Waals surface area contributed by atoms with Crippen molar-refractivity contribution in [1.29, 1.82) is 0 Å². The normalized spacial score (nSPS) is 10.6. The highest BCUT2D eigenvalue weighted by Crippen LogP contribution is 2.29. The van der Waals surface area contributed by atoms with E-state index in [0.717, 1.165) is 15.6 Å². The lowest BCUT2D eigenvalue weighted by Gasteiger charge is -2.14. The molecule has 0 fully saturated rings. The summed E-state index contributed by atoms with van der Waals surface area (Å²) in [5.74, 6) is 0.805. The van der Waals surface area contributed by atoms with Crippen LogP contribution < -0.4 is 15.4 Å². The van der Waals surface area contributed by atoms with Gasteiger partial charge >= 0.3 is 0 Å². The SMILES string of the molecule is CNC(=O)CCc1ccc(NC(=O)COc2ccc(Br)cc2C(C)C)cc1. The Kier molecular flexibility index (Phi) is 7.85. The van der Waals surface area contributed by atoms with E-state index in [1.54, 1.807) is 7.05 Å². The van der Waals surface area contributed by atoms with Crippen LogP contribution in [-0.2, 0) is 16.0 Å². The Labute approximate surface area is 168 Å². The molecule has 0 heterocycles. The van der Waals surface area contributed by atoms with Crippen molar-refractivity contribution in [3.05, 3.63) is 58.1 Å². The summed E-state index contributed by atoms with van der Waals surface area (Å²) in [4.78, 5) is 23.5. The van der Waals surface area contributed by atoms with Crippen LogP contribution in [0.4, 0.5) is 5.69 Å². The fraction of sp³-hybridized carbons (Fsp3) is 0.333. The van der Waals surface area contributed by atoms with Crippen LogP contribution in [-0.4, -0.2) is 25.5 Å². The Balaban J connectivity index is 1.88. The Morgan fingerprint density at radius 3 is 2.41 bits per heavy atom. The predicted molar refractivity (Wildman–Crippen MR) is 111 cm³/mol. The van der Waals surface area contributed by atoms with Crippen molar-refractivity contribution in [2.24, 2.45) is 0 Å². The summed E-state index contributed by atoms with van der Waals surface area (Å²) < 4.78 is 6.70. The molecule has 2 amide bonds. The molecule has 0 spiro atoms. The zero-order valence-corrected chi connectivity index (χ0v) is 17.4. The molecule has 144 valence electrons. The number of hydrogen-bond donors (Lipinski definition) is 2. The first kappa shape index (κ1) is 21.0. The molecule has 0 saturated carbocycles. The van der Waals surface area contributed by atoms with Crippen molar-refractivity contribution in [2.75, 3.05) is 19.0 Å². The first-order valence-electron chi connectivity index (χ1n) is 8.90. The van der Waals surface area contributed by atoms with Crippen LogP contribution in [0.1, 0.15) is 37.3 Å². The molecular weight excluding hydrogens is 408 g/mol. The molecule has 0 unspecified atom stereocenters. The molecule has 2 aromatic rings. The molecule has 0 aliphatic heterocycles. The Bertz CT molecular complexity index is 789. The van der Waals surface area contributed by atoms with Gasteiger partial charge in [0, 0.05) is 23.6 Å². The number of halogens is 1. The van der Waals surface area contributed by atoms with E-state index >= 15 is 0 Å². The number of ether oxygens (including phenoxy) is 1. The number of rotatable bonds is 8. The van der Waals surface area contributed by atoms with Crippen LogP contribution in [0.15, 0.2) is 46.9 Å².